The molecule has 0 aliphatic carbocycles. The van der Waals surface area contributed by atoms with E-state index >= 15 is 0 Å². The van der Waals surface area contributed by atoms with Gasteiger partial charge in [-0.05, 0) is 6.42 Å². The second kappa shape index (κ2) is 6.47. The number of rotatable bonds is 3. The van der Waals surface area contributed by atoms with Crippen LogP contribution in [0.15, 0.2) is 16.9 Å². The molecular weight excluding hydrogens is 272 g/mol. The minimum absolute atomic E-state index is 0.0669. The molecule has 0 saturated carbocycles. The average molecular weight is 283 g/mol. The Labute approximate surface area is 121 Å². The van der Waals surface area contributed by atoms with Crippen LogP contribution < -0.4 is 0 Å². The van der Waals surface area contributed by atoms with Crippen molar-refractivity contribution in [1.82, 2.24) is 10.0 Å². The van der Waals surface area contributed by atoms with Crippen molar-refractivity contribution in [1.29, 1.82) is 15.8 Å². The van der Waals surface area contributed by atoms with Crippen LogP contribution in [-0.4, -0.2) is 53.0 Å². The number of aliphatic hydroxyl groups excluding tert-OH is 1. The lowest BCUT2D eigenvalue weighted by atomic mass is 9.99. The van der Waals surface area contributed by atoms with E-state index in [-0.39, 0.29) is 6.42 Å². The lowest BCUT2D eigenvalue weighted by molar-refractivity contribution is -0.121. The fourth-order valence-corrected chi connectivity index (χ4v) is 2.13. The number of ketones is 1. The van der Waals surface area contributed by atoms with Crippen molar-refractivity contribution in [3.63, 3.8) is 0 Å². The summed E-state index contributed by atoms with van der Waals surface area (Å²) in [6.07, 6.45) is 0.0669. The summed E-state index contributed by atoms with van der Waals surface area (Å²) < 4.78 is 0. The van der Waals surface area contributed by atoms with Crippen LogP contribution in [0.2, 0.25) is 0 Å². The number of nitriles is 3. The molecule has 1 N–H and O–H groups in total. The van der Waals surface area contributed by atoms with Crippen molar-refractivity contribution in [2.45, 2.75) is 18.5 Å². The highest BCUT2D eigenvalue weighted by atomic mass is 16.3. The van der Waals surface area contributed by atoms with Crippen LogP contribution in [0, 0.1) is 34.0 Å². The second-order valence-corrected chi connectivity index (χ2v) is 4.36. The van der Waals surface area contributed by atoms with Crippen LogP contribution in [0.5, 0.6) is 0 Å². The van der Waals surface area contributed by atoms with Gasteiger partial charge in [-0.3, -0.25) is 4.79 Å². The topological polar surface area (TPSA) is 137 Å². The summed E-state index contributed by atoms with van der Waals surface area (Å²) in [5.41, 5.74) is -0.955. The standard InChI is InChI=1S/C13H11N6O2/c1-18-10(12(20)8(4-14)5-15)3-11(19(18)2)13(21)9(6-16)7-17/h10-11,20H,3H2,1-2H3/q-1. The predicted octanol–water partition coefficient (Wildman–Crippen LogP) is 0.0233. The van der Waals surface area contributed by atoms with Crippen LogP contribution in [0.3, 0.4) is 0 Å². The number of likely N-dealkylation sites (N-methyl/N-ethyl adjacent to an activating group) is 2. The van der Waals surface area contributed by atoms with Gasteiger partial charge in [-0.2, -0.15) is 15.8 Å². The quantitative estimate of drug-likeness (QED) is 0.333. The molecule has 8 nitrogen and oxygen atoms in total. The number of nitrogens with zero attached hydrogens (tertiary/aromatic N) is 6. The van der Waals surface area contributed by atoms with Gasteiger partial charge in [-0.25, -0.2) is 15.9 Å². The zero-order valence-corrected chi connectivity index (χ0v) is 11.4. The maximum atomic E-state index is 12.1. The monoisotopic (exact) mass is 283 g/mol. The van der Waals surface area contributed by atoms with Gasteiger partial charge in [0.15, 0.2) is 11.4 Å². The Morgan fingerprint density at radius 1 is 1.14 bits per heavy atom. The van der Waals surface area contributed by atoms with Crippen molar-refractivity contribution in [3.8, 4) is 18.2 Å². The fraction of sp³-hybridized carbons (Fsp3) is 0.385. The largest absolute Gasteiger partial charge is 0.762 e. The Morgan fingerprint density at radius 2 is 1.67 bits per heavy atom. The maximum Gasteiger partial charge on any atom is 0.197 e. The zero-order valence-electron chi connectivity index (χ0n) is 11.4. The first-order valence-corrected chi connectivity index (χ1v) is 5.83. The number of hydrazine groups is 1. The zero-order chi connectivity index (χ0) is 16.2. The summed E-state index contributed by atoms with van der Waals surface area (Å²) in [6, 6.07) is 3.15. The van der Waals surface area contributed by atoms with E-state index in [9.17, 15) is 9.90 Å². The SMILES string of the molecule is CN1C(C(=O)C(=C=[N-])C#N)CC(C(O)=C(C#N)C#N)N1C. The summed E-state index contributed by atoms with van der Waals surface area (Å²) in [4.78, 5) is 12.1. The summed E-state index contributed by atoms with van der Waals surface area (Å²) >= 11 is 0. The van der Waals surface area contributed by atoms with E-state index in [0.717, 1.165) is 0 Å². The summed E-state index contributed by atoms with van der Waals surface area (Å²) in [6.45, 7) is 0. The number of hydrogen-bond donors (Lipinski definition) is 1. The molecule has 0 spiro atoms. The minimum atomic E-state index is -0.810. The normalized spacial score (nSPS) is 21.5. The van der Waals surface area contributed by atoms with Crippen LogP contribution in [-0.2, 0) is 4.79 Å². The first-order chi connectivity index (χ1) is 9.92. The highest BCUT2D eigenvalue weighted by molar-refractivity contribution is 6.10. The predicted molar refractivity (Wildman–Crippen MR) is 71.1 cm³/mol. The molecular formula is C13H11N6O2-. The molecule has 1 heterocycles. The van der Waals surface area contributed by atoms with E-state index in [1.165, 1.54) is 22.0 Å². The Kier molecular flexibility index (Phi) is 4.96. The molecule has 8 heteroatoms. The Morgan fingerprint density at radius 3 is 2.10 bits per heavy atom. The van der Waals surface area contributed by atoms with Crippen LogP contribution in [0.25, 0.3) is 5.41 Å². The lowest BCUT2D eigenvalue weighted by Gasteiger charge is -2.26. The first kappa shape index (κ1) is 16.1. The summed E-state index contributed by atoms with van der Waals surface area (Å²) in [5, 5.41) is 47.9. The van der Waals surface area contributed by atoms with Crippen LogP contribution in [0.1, 0.15) is 6.42 Å². The fourth-order valence-electron chi connectivity index (χ4n) is 2.13. The molecule has 1 aliphatic rings. The lowest BCUT2D eigenvalue weighted by Crippen LogP contribution is -2.41. The summed E-state index contributed by atoms with van der Waals surface area (Å²) in [7, 11) is 3.12. The van der Waals surface area contributed by atoms with Crippen LogP contribution >= 0.6 is 0 Å². The van der Waals surface area contributed by atoms with Crippen molar-refractivity contribution in [2.75, 3.05) is 14.1 Å². The van der Waals surface area contributed by atoms with Gasteiger partial charge in [0.05, 0.1) is 12.1 Å². The highest BCUT2D eigenvalue weighted by Crippen LogP contribution is 2.28. The van der Waals surface area contributed by atoms with E-state index < -0.39 is 34.8 Å². The van der Waals surface area contributed by atoms with Gasteiger partial charge < -0.3 is 10.5 Å². The molecule has 2 unspecified atom stereocenters. The molecule has 1 aliphatic heterocycles. The molecule has 0 aromatic rings. The van der Waals surface area contributed by atoms with E-state index in [2.05, 4.69) is 0 Å². The van der Waals surface area contributed by atoms with Crippen molar-refractivity contribution in [3.05, 3.63) is 22.3 Å². The molecule has 1 rings (SSSR count). The van der Waals surface area contributed by atoms with Gasteiger partial charge in [-0.1, -0.05) is 0 Å². The number of carbonyl (C=O) groups excluding carboxylic acids is 1. The number of allylic oxidation sites excluding steroid dienone is 1. The molecule has 0 amide bonds. The van der Waals surface area contributed by atoms with Gasteiger partial charge in [-0.15, -0.1) is 0 Å². The Bertz CT molecular complexity index is 652. The third-order valence-corrected chi connectivity index (χ3v) is 3.41. The second-order valence-electron chi connectivity index (χ2n) is 4.36. The molecule has 21 heavy (non-hydrogen) atoms. The average Bonchev–Trinajstić information content (AvgIpc) is 2.77. The van der Waals surface area contributed by atoms with Gasteiger partial charge in [0, 0.05) is 14.1 Å². The molecule has 1 saturated heterocycles. The molecule has 0 aromatic carbocycles. The third kappa shape index (κ3) is 2.81. The van der Waals surface area contributed by atoms with E-state index in [1.807, 2.05) is 0 Å². The number of carbonyl (C=O) groups is 1. The number of aliphatic hydroxyl groups is 1. The minimum Gasteiger partial charge on any atom is -0.762 e. The van der Waals surface area contributed by atoms with Crippen molar-refractivity contribution in [2.24, 2.45) is 0 Å². The number of Topliss-reactive ketones (excluding diaryl/α,β-unsaturated/α-hetero) is 1. The Balaban J connectivity index is 3.15. The molecule has 1 fully saturated rings. The third-order valence-electron chi connectivity index (χ3n) is 3.41. The van der Waals surface area contributed by atoms with Crippen molar-refractivity contribution < 1.29 is 9.90 Å². The number of hydrogen-bond acceptors (Lipinski definition) is 7. The molecule has 0 radical (unpaired) electrons. The Hall–Kier alpha value is -2.95. The molecule has 0 aromatic heterocycles. The highest BCUT2D eigenvalue weighted by Gasteiger charge is 2.42. The molecule has 2 atom stereocenters. The van der Waals surface area contributed by atoms with E-state index in [0.29, 0.717) is 0 Å². The summed E-state index contributed by atoms with van der Waals surface area (Å²) in [5.74, 6) is 0.451. The van der Waals surface area contributed by atoms with Gasteiger partial charge >= 0.3 is 0 Å². The van der Waals surface area contributed by atoms with Gasteiger partial charge in [0.2, 0.25) is 0 Å². The van der Waals surface area contributed by atoms with Crippen molar-refractivity contribution >= 4 is 11.7 Å². The van der Waals surface area contributed by atoms with Gasteiger partial charge in [0.25, 0.3) is 0 Å². The first-order valence-electron chi connectivity index (χ1n) is 5.83. The van der Waals surface area contributed by atoms with E-state index in [1.54, 1.807) is 26.2 Å². The van der Waals surface area contributed by atoms with E-state index in [4.69, 9.17) is 21.2 Å². The maximum absolute atomic E-state index is 12.1. The van der Waals surface area contributed by atoms with Crippen LogP contribution in [0.4, 0.5) is 0 Å². The van der Waals surface area contributed by atoms with Gasteiger partial charge in [0.1, 0.15) is 29.5 Å². The molecule has 0 bridgehead atoms. The smallest absolute Gasteiger partial charge is 0.197 e. The molecule has 106 valence electrons.